The molecule has 0 amide bonds. The monoisotopic (exact) mass is 223 g/mol. The maximum atomic E-state index is 9.26. The lowest BCUT2D eigenvalue weighted by atomic mass is 10.00. The summed E-state index contributed by atoms with van der Waals surface area (Å²) in [6.07, 6.45) is -0.345. The van der Waals surface area contributed by atoms with Crippen molar-refractivity contribution in [2.24, 2.45) is 11.7 Å². The van der Waals surface area contributed by atoms with E-state index in [4.69, 9.17) is 10.5 Å². The molecule has 0 fully saturated rings. The molecule has 3 nitrogen and oxygen atoms in total. The number of nitrogens with two attached hydrogens (primary N) is 1. The van der Waals surface area contributed by atoms with E-state index in [1.807, 2.05) is 45.0 Å². The average molecular weight is 223 g/mol. The molecule has 2 atom stereocenters. The summed E-state index contributed by atoms with van der Waals surface area (Å²) in [5.41, 5.74) is 7.15. The summed E-state index contributed by atoms with van der Waals surface area (Å²) in [7, 11) is 0. The van der Waals surface area contributed by atoms with Gasteiger partial charge < -0.3 is 15.6 Å². The van der Waals surface area contributed by atoms with Gasteiger partial charge in [-0.2, -0.15) is 0 Å². The van der Waals surface area contributed by atoms with Gasteiger partial charge in [0, 0.05) is 6.04 Å². The molecule has 3 heteroatoms. The SMILES string of the molecule is Cc1ccc(OC(CO)C(N)C(C)C)cc1. The highest BCUT2D eigenvalue weighted by atomic mass is 16.5. The van der Waals surface area contributed by atoms with E-state index < -0.39 is 0 Å². The second kappa shape index (κ2) is 5.87. The van der Waals surface area contributed by atoms with E-state index in [0.29, 0.717) is 0 Å². The topological polar surface area (TPSA) is 55.5 Å². The van der Waals surface area contributed by atoms with Crippen LogP contribution in [-0.4, -0.2) is 23.9 Å². The lowest BCUT2D eigenvalue weighted by molar-refractivity contribution is 0.0811. The molecule has 0 radical (unpaired) electrons. The molecular weight excluding hydrogens is 202 g/mol. The van der Waals surface area contributed by atoms with Crippen molar-refractivity contribution in [2.75, 3.05) is 6.61 Å². The van der Waals surface area contributed by atoms with Gasteiger partial charge >= 0.3 is 0 Å². The molecule has 0 aliphatic heterocycles. The van der Waals surface area contributed by atoms with Crippen LogP contribution in [0.2, 0.25) is 0 Å². The van der Waals surface area contributed by atoms with Crippen molar-refractivity contribution in [3.05, 3.63) is 29.8 Å². The van der Waals surface area contributed by atoms with Gasteiger partial charge in [-0.25, -0.2) is 0 Å². The first-order valence-corrected chi connectivity index (χ1v) is 5.64. The van der Waals surface area contributed by atoms with E-state index in [2.05, 4.69) is 0 Å². The molecule has 1 aromatic carbocycles. The van der Waals surface area contributed by atoms with Crippen molar-refractivity contribution in [3.8, 4) is 5.75 Å². The first kappa shape index (κ1) is 13.0. The third kappa shape index (κ3) is 3.51. The largest absolute Gasteiger partial charge is 0.486 e. The molecule has 1 aromatic rings. The summed E-state index contributed by atoms with van der Waals surface area (Å²) in [6.45, 7) is 6.00. The molecule has 0 aliphatic carbocycles. The molecule has 16 heavy (non-hydrogen) atoms. The average Bonchev–Trinajstić information content (AvgIpc) is 2.27. The van der Waals surface area contributed by atoms with E-state index in [1.165, 1.54) is 5.56 Å². The minimum Gasteiger partial charge on any atom is -0.486 e. The molecule has 0 saturated carbocycles. The number of benzene rings is 1. The highest BCUT2D eigenvalue weighted by molar-refractivity contribution is 5.26. The van der Waals surface area contributed by atoms with Gasteiger partial charge in [0.1, 0.15) is 11.9 Å². The van der Waals surface area contributed by atoms with Gasteiger partial charge in [-0.1, -0.05) is 31.5 Å². The molecule has 0 heterocycles. The molecule has 2 unspecified atom stereocenters. The zero-order valence-electron chi connectivity index (χ0n) is 10.2. The maximum Gasteiger partial charge on any atom is 0.137 e. The predicted molar refractivity (Wildman–Crippen MR) is 65.5 cm³/mol. The lowest BCUT2D eigenvalue weighted by Crippen LogP contribution is -2.45. The summed E-state index contributed by atoms with van der Waals surface area (Å²) in [5, 5.41) is 9.26. The lowest BCUT2D eigenvalue weighted by Gasteiger charge is -2.26. The van der Waals surface area contributed by atoms with E-state index in [0.717, 1.165) is 5.75 Å². The van der Waals surface area contributed by atoms with Crippen molar-refractivity contribution < 1.29 is 9.84 Å². The van der Waals surface area contributed by atoms with Crippen LogP contribution >= 0.6 is 0 Å². The Hall–Kier alpha value is -1.06. The fourth-order valence-corrected chi connectivity index (χ4v) is 1.46. The number of hydrogen-bond donors (Lipinski definition) is 2. The van der Waals surface area contributed by atoms with E-state index >= 15 is 0 Å². The van der Waals surface area contributed by atoms with E-state index in [1.54, 1.807) is 0 Å². The first-order chi connectivity index (χ1) is 7.54. The summed E-state index contributed by atoms with van der Waals surface area (Å²) in [6, 6.07) is 7.58. The second-order valence-electron chi connectivity index (χ2n) is 4.47. The summed E-state index contributed by atoms with van der Waals surface area (Å²) in [4.78, 5) is 0. The molecule has 0 aliphatic rings. The van der Waals surface area contributed by atoms with Gasteiger partial charge in [-0.05, 0) is 25.0 Å². The maximum absolute atomic E-state index is 9.26. The van der Waals surface area contributed by atoms with Gasteiger partial charge in [0.2, 0.25) is 0 Å². The van der Waals surface area contributed by atoms with Crippen molar-refractivity contribution in [2.45, 2.75) is 32.9 Å². The van der Waals surface area contributed by atoms with E-state index in [-0.39, 0.29) is 24.7 Å². The van der Waals surface area contributed by atoms with Crippen molar-refractivity contribution in [3.63, 3.8) is 0 Å². The van der Waals surface area contributed by atoms with Crippen molar-refractivity contribution >= 4 is 0 Å². The zero-order valence-corrected chi connectivity index (χ0v) is 10.2. The Morgan fingerprint density at radius 3 is 2.25 bits per heavy atom. The number of ether oxygens (including phenoxy) is 1. The Labute approximate surface area is 97.2 Å². The molecule has 0 spiro atoms. The third-order valence-corrected chi connectivity index (χ3v) is 2.69. The zero-order chi connectivity index (χ0) is 12.1. The van der Waals surface area contributed by atoms with Crippen LogP contribution in [0.4, 0.5) is 0 Å². The number of aliphatic hydroxyl groups excluding tert-OH is 1. The molecule has 90 valence electrons. The number of aryl methyl sites for hydroxylation is 1. The minimum atomic E-state index is -0.345. The second-order valence-corrected chi connectivity index (χ2v) is 4.47. The summed E-state index contributed by atoms with van der Waals surface area (Å²) < 4.78 is 5.67. The molecule has 0 saturated heterocycles. The van der Waals surface area contributed by atoms with Crippen LogP contribution < -0.4 is 10.5 Å². The molecule has 0 aromatic heterocycles. The number of rotatable bonds is 5. The first-order valence-electron chi connectivity index (χ1n) is 5.64. The van der Waals surface area contributed by atoms with Crippen LogP contribution in [0, 0.1) is 12.8 Å². The number of aliphatic hydroxyl groups is 1. The quantitative estimate of drug-likeness (QED) is 0.799. The fraction of sp³-hybridized carbons (Fsp3) is 0.538. The molecule has 3 N–H and O–H groups in total. The molecular formula is C13H21NO2. The van der Waals surface area contributed by atoms with Crippen LogP contribution in [0.5, 0.6) is 5.75 Å². The summed E-state index contributed by atoms with van der Waals surface area (Å²) in [5.74, 6) is 1.03. The Morgan fingerprint density at radius 1 is 1.25 bits per heavy atom. The van der Waals surface area contributed by atoms with Crippen LogP contribution in [0.15, 0.2) is 24.3 Å². The van der Waals surface area contributed by atoms with Crippen LogP contribution in [0.25, 0.3) is 0 Å². The molecule has 1 rings (SSSR count). The molecule has 0 bridgehead atoms. The van der Waals surface area contributed by atoms with Crippen LogP contribution in [0.3, 0.4) is 0 Å². The van der Waals surface area contributed by atoms with Crippen LogP contribution in [0.1, 0.15) is 19.4 Å². The van der Waals surface area contributed by atoms with Gasteiger partial charge in [0.25, 0.3) is 0 Å². The predicted octanol–water partition coefficient (Wildman–Crippen LogP) is 1.72. The van der Waals surface area contributed by atoms with Crippen molar-refractivity contribution in [1.29, 1.82) is 0 Å². The highest BCUT2D eigenvalue weighted by Gasteiger charge is 2.21. The van der Waals surface area contributed by atoms with Crippen molar-refractivity contribution in [1.82, 2.24) is 0 Å². The Morgan fingerprint density at radius 2 is 1.81 bits per heavy atom. The Balaban J connectivity index is 2.66. The Kier molecular flexibility index (Phi) is 4.77. The Bertz CT molecular complexity index is 308. The number of hydrogen-bond acceptors (Lipinski definition) is 3. The van der Waals surface area contributed by atoms with Gasteiger partial charge in [0.05, 0.1) is 6.61 Å². The highest BCUT2D eigenvalue weighted by Crippen LogP contribution is 2.16. The fourth-order valence-electron chi connectivity index (χ4n) is 1.46. The van der Waals surface area contributed by atoms with Gasteiger partial charge in [-0.3, -0.25) is 0 Å². The van der Waals surface area contributed by atoms with Crippen LogP contribution in [-0.2, 0) is 0 Å². The van der Waals surface area contributed by atoms with Gasteiger partial charge in [0.15, 0.2) is 0 Å². The van der Waals surface area contributed by atoms with Gasteiger partial charge in [-0.15, -0.1) is 0 Å². The smallest absolute Gasteiger partial charge is 0.137 e. The summed E-state index contributed by atoms with van der Waals surface area (Å²) >= 11 is 0. The normalized spacial score (nSPS) is 14.9. The minimum absolute atomic E-state index is 0.0623. The standard InChI is InChI=1S/C13H21NO2/c1-9(2)13(14)12(8-15)16-11-6-4-10(3)5-7-11/h4-7,9,12-13,15H,8,14H2,1-3H3. The van der Waals surface area contributed by atoms with E-state index in [9.17, 15) is 5.11 Å². The third-order valence-electron chi connectivity index (χ3n) is 2.69.